The fourth-order valence-electron chi connectivity index (χ4n) is 2.10. The van der Waals surface area contributed by atoms with E-state index >= 15 is 0 Å². The molecular weight excluding hydrogens is 265 g/mol. The molecule has 0 atom stereocenters. The molecule has 2 aromatic rings. The molecule has 0 aliphatic rings. The summed E-state index contributed by atoms with van der Waals surface area (Å²) in [6.07, 6.45) is 1.04. The summed E-state index contributed by atoms with van der Waals surface area (Å²) in [5.74, 6) is 0.647. The second-order valence-corrected chi connectivity index (χ2v) is 5.25. The maximum Gasteiger partial charge on any atom is 0.167 e. The Kier molecular flexibility index (Phi) is 5.34. The molecule has 112 valence electrons. The van der Waals surface area contributed by atoms with Gasteiger partial charge in [-0.05, 0) is 56.1 Å². The van der Waals surface area contributed by atoms with Crippen LogP contribution in [0.5, 0.6) is 11.5 Å². The summed E-state index contributed by atoms with van der Waals surface area (Å²) in [6.45, 7) is 7.67. The molecule has 21 heavy (non-hydrogen) atoms. The third-order valence-corrected chi connectivity index (χ3v) is 3.49. The van der Waals surface area contributed by atoms with Crippen molar-refractivity contribution in [1.82, 2.24) is 5.32 Å². The first-order chi connectivity index (χ1) is 10.1. The molecule has 2 aromatic carbocycles. The fourth-order valence-corrected chi connectivity index (χ4v) is 2.10. The molecule has 0 radical (unpaired) electrons. The average molecular weight is 287 g/mol. The molecule has 0 aliphatic heterocycles. The lowest BCUT2D eigenvalue weighted by molar-refractivity contribution is 0.433. The van der Waals surface area contributed by atoms with Crippen molar-refractivity contribution in [3.8, 4) is 11.5 Å². The predicted octanol–water partition coefficient (Wildman–Crippen LogP) is 4.73. The van der Waals surface area contributed by atoms with E-state index in [-0.39, 0.29) is 5.82 Å². The van der Waals surface area contributed by atoms with Crippen LogP contribution in [0.4, 0.5) is 4.39 Å². The third-order valence-electron chi connectivity index (χ3n) is 3.49. The topological polar surface area (TPSA) is 21.3 Å². The Hall–Kier alpha value is -1.87. The summed E-state index contributed by atoms with van der Waals surface area (Å²) < 4.78 is 19.9. The summed E-state index contributed by atoms with van der Waals surface area (Å²) in [6, 6.07) is 10.8. The number of halogens is 1. The van der Waals surface area contributed by atoms with Crippen LogP contribution in [0.3, 0.4) is 0 Å². The quantitative estimate of drug-likeness (QED) is 0.775. The van der Waals surface area contributed by atoms with E-state index in [0.717, 1.165) is 24.1 Å². The molecule has 1 N–H and O–H groups in total. The van der Waals surface area contributed by atoms with E-state index in [0.29, 0.717) is 18.0 Å². The Morgan fingerprint density at radius 1 is 1.10 bits per heavy atom. The van der Waals surface area contributed by atoms with Crippen LogP contribution >= 0.6 is 0 Å². The molecule has 0 saturated carbocycles. The zero-order valence-corrected chi connectivity index (χ0v) is 12.9. The minimum absolute atomic E-state index is 0.310. The highest BCUT2D eigenvalue weighted by Gasteiger charge is 2.11. The van der Waals surface area contributed by atoms with Crippen molar-refractivity contribution in [2.45, 2.75) is 33.7 Å². The number of rotatable bonds is 6. The normalized spacial score (nSPS) is 10.7. The number of hydrogen-bond acceptors (Lipinski definition) is 2. The van der Waals surface area contributed by atoms with Gasteiger partial charge in [0.1, 0.15) is 5.75 Å². The van der Waals surface area contributed by atoms with Gasteiger partial charge in [0.15, 0.2) is 11.6 Å². The van der Waals surface area contributed by atoms with Gasteiger partial charge in [-0.25, -0.2) is 4.39 Å². The molecule has 0 amide bonds. The van der Waals surface area contributed by atoms with Crippen LogP contribution < -0.4 is 10.1 Å². The molecule has 0 heterocycles. The number of benzene rings is 2. The lowest BCUT2D eigenvalue weighted by Crippen LogP contribution is -2.14. The maximum absolute atomic E-state index is 14.1. The SMILES string of the molecule is CCCNCc1cccc(F)c1Oc1ccc(C)c(C)c1. The summed E-state index contributed by atoms with van der Waals surface area (Å²) in [7, 11) is 0. The first kappa shape index (κ1) is 15.5. The molecule has 0 aliphatic carbocycles. The van der Waals surface area contributed by atoms with Crippen molar-refractivity contribution in [1.29, 1.82) is 0 Å². The molecule has 0 bridgehead atoms. The van der Waals surface area contributed by atoms with Crippen LogP contribution in [-0.4, -0.2) is 6.54 Å². The first-order valence-electron chi connectivity index (χ1n) is 7.35. The zero-order chi connectivity index (χ0) is 15.2. The van der Waals surface area contributed by atoms with E-state index in [1.807, 2.05) is 38.1 Å². The minimum Gasteiger partial charge on any atom is -0.454 e. The highest BCUT2D eigenvalue weighted by atomic mass is 19.1. The van der Waals surface area contributed by atoms with Gasteiger partial charge in [0.2, 0.25) is 0 Å². The fraction of sp³-hybridized carbons (Fsp3) is 0.333. The highest BCUT2D eigenvalue weighted by molar-refractivity contribution is 5.41. The van der Waals surface area contributed by atoms with Crippen LogP contribution in [0.25, 0.3) is 0 Å². The number of para-hydroxylation sites is 1. The second-order valence-electron chi connectivity index (χ2n) is 5.25. The van der Waals surface area contributed by atoms with Crippen LogP contribution in [0.1, 0.15) is 30.0 Å². The Morgan fingerprint density at radius 2 is 1.90 bits per heavy atom. The molecule has 0 spiro atoms. The predicted molar refractivity (Wildman–Crippen MR) is 84.4 cm³/mol. The zero-order valence-electron chi connectivity index (χ0n) is 12.9. The van der Waals surface area contributed by atoms with Gasteiger partial charge in [-0.2, -0.15) is 0 Å². The Labute approximate surface area is 126 Å². The van der Waals surface area contributed by atoms with Crippen molar-refractivity contribution < 1.29 is 9.13 Å². The van der Waals surface area contributed by atoms with Crippen LogP contribution in [0, 0.1) is 19.7 Å². The summed E-state index contributed by atoms with van der Waals surface area (Å²) >= 11 is 0. The van der Waals surface area contributed by atoms with E-state index in [9.17, 15) is 4.39 Å². The molecule has 2 rings (SSSR count). The van der Waals surface area contributed by atoms with Crippen LogP contribution in [0.2, 0.25) is 0 Å². The van der Waals surface area contributed by atoms with Crippen molar-refractivity contribution in [2.75, 3.05) is 6.54 Å². The third kappa shape index (κ3) is 4.05. The van der Waals surface area contributed by atoms with E-state index in [4.69, 9.17) is 4.74 Å². The molecule has 0 aromatic heterocycles. The summed E-state index contributed by atoms with van der Waals surface area (Å²) in [5, 5.41) is 3.28. The van der Waals surface area contributed by atoms with E-state index in [2.05, 4.69) is 12.2 Å². The monoisotopic (exact) mass is 287 g/mol. The average Bonchev–Trinajstić information content (AvgIpc) is 2.46. The summed E-state index contributed by atoms with van der Waals surface area (Å²) in [4.78, 5) is 0. The molecule has 0 unspecified atom stereocenters. The molecule has 0 saturated heterocycles. The van der Waals surface area contributed by atoms with Gasteiger partial charge >= 0.3 is 0 Å². The largest absolute Gasteiger partial charge is 0.454 e. The Bertz CT molecular complexity index is 610. The number of hydrogen-bond donors (Lipinski definition) is 1. The highest BCUT2D eigenvalue weighted by Crippen LogP contribution is 2.29. The lowest BCUT2D eigenvalue weighted by atomic mass is 10.1. The van der Waals surface area contributed by atoms with E-state index in [1.54, 1.807) is 6.07 Å². The van der Waals surface area contributed by atoms with Gasteiger partial charge in [-0.3, -0.25) is 0 Å². The smallest absolute Gasteiger partial charge is 0.167 e. The number of aryl methyl sites for hydroxylation is 2. The van der Waals surface area contributed by atoms with Crippen molar-refractivity contribution in [3.05, 3.63) is 58.9 Å². The van der Waals surface area contributed by atoms with E-state index in [1.165, 1.54) is 11.6 Å². The molecular formula is C18H22FNO. The first-order valence-corrected chi connectivity index (χ1v) is 7.35. The molecule has 2 nitrogen and oxygen atoms in total. The lowest BCUT2D eigenvalue weighted by Gasteiger charge is -2.13. The van der Waals surface area contributed by atoms with Crippen LogP contribution in [0.15, 0.2) is 36.4 Å². The standard InChI is InChI=1S/C18H22FNO/c1-4-10-20-12-15-6-5-7-17(19)18(15)21-16-9-8-13(2)14(3)11-16/h5-9,11,20H,4,10,12H2,1-3H3. The molecule has 3 heteroatoms. The van der Waals surface area contributed by atoms with Gasteiger partial charge in [0.25, 0.3) is 0 Å². The maximum atomic E-state index is 14.1. The number of ether oxygens (including phenoxy) is 1. The van der Waals surface area contributed by atoms with Gasteiger partial charge < -0.3 is 10.1 Å². The minimum atomic E-state index is -0.330. The van der Waals surface area contributed by atoms with Crippen LogP contribution in [-0.2, 0) is 6.54 Å². The van der Waals surface area contributed by atoms with E-state index < -0.39 is 0 Å². The van der Waals surface area contributed by atoms with Crippen molar-refractivity contribution >= 4 is 0 Å². The molecule has 0 fully saturated rings. The van der Waals surface area contributed by atoms with Gasteiger partial charge in [0, 0.05) is 12.1 Å². The number of nitrogens with one attached hydrogen (secondary N) is 1. The summed E-state index contributed by atoms with van der Waals surface area (Å²) in [5.41, 5.74) is 3.16. The Balaban J connectivity index is 2.23. The second kappa shape index (κ2) is 7.23. The van der Waals surface area contributed by atoms with Gasteiger partial charge in [0.05, 0.1) is 0 Å². The van der Waals surface area contributed by atoms with Gasteiger partial charge in [-0.1, -0.05) is 25.1 Å². The van der Waals surface area contributed by atoms with Gasteiger partial charge in [-0.15, -0.1) is 0 Å². The van der Waals surface area contributed by atoms with Crippen molar-refractivity contribution in [3.63, 3.8) is 0 Å². The Morgan fingerprint density at radius 3 is 2.62 bits per heavy atom. The van der Waals surface area contributed by atoms with Crippen molar-refractivity contribution in [2.24, 2.45) is 0 Å².